The highest BCUT2D eigenvalue weighted by atomic mass is 19.3. The van der Waals surface area contributed by atoms with Gasteiger partial charge in [0.2, 0.25) is 0 Å². The Morgan fingerprint density at radius 2 is 2.11 bits per heavy atom. The number of halogens is 2. The number of rotatable bonds is 7. The van der Waals surface area contributed by atoms with E-state index in [2.05, 4.69) is 15.0 Å². The number of fused-ring (bicyclic) bond motifs is 1. The fraction of sp³-hybridized carbons (Fsp3) is 0.333. The lowest BCUT2D eigenvalue weighted by Gasteiger charge is -2.40. The van der Waals surface area contributed by atoms with Gasteiger partial charge < -0.3 is 14.8 Å². The van der Waals surface area contributed by atoms with Gasteiger partial charge in [0.25, 0.3) is 6.43 Å². The summed E-state index contributed by atoms with van der Waals surface area (Å²) in [6.45, 7) is 3.21. The van der Waals surface area contributed by atoms with Crippen molar-refractivity contribution in [2.24, 2.45) is 0 Å². The second-order valence-corrected chi connectivity index (χ2v) is 9.25. The van der Waals surface area contributed by atoms with Crippen LogP contribution in [0.15, 0.2) is 55.0 Å². The summed E-state index contributed by atoms with van der Waals surface area (Å²) in [5.41, 5.74) is 3.97. The number of alkyl halides is 2. The highest BCUT2D eigenvalue weighted by molar-refractivity contribution is 5.90. The van der Waals surface area contributed by atoms with Crippen molar-refractivity contribution < 1.29 is 23.4 Å². The van der Waals surface area contributed by atoms with Gasteiger partial charge in [-0.05, 0) is 49.1 Å². The number of aryl methyl sites for hydroxylation is 1. The molecule has 0 amide bonds. The first-order valence-corrected chi connectivity index (χ1v) is 11.9. The van der Waals surface area contributed by atoms with Crippen LogP contribution in [0.25, 0.3) is 10.9 Å². The van der Waals surface area contributed by atoms with E-state index in [1.807, 2.05) is 37.4 Å². The molecule has 2 atom stereocenters. The summed E-state index contributed by atoms with van der Waals surface area (Å²) in [6, 6.07) is 10.7. The first-order chi connectivity index (χ1) is 17.4. The molecule has 2 aromatic carbocycles. The van der Waals surface area contributed by atoms with E-state index in [1.165, 1.54) is 12.4 Å². The molecule has 4 aromatic rings. The van der Waals surface area contributed by atoms with Crippen molar-refractivity contribution in [1.82, 2.24) is 19.7 Å². The van der Waals surface area contributed by atoms with Gasteiger partial charge in [0.15, 0.2) is 0 Å². The van der Waals surface area contributed by atoms with Gasteiger partial charge in [0.1, 0.15) is 5.75 Å². The maximum Gasteiger partial charge on any atom is 0.336 e. The van der Waals surface area contributed by atoms with Crippen molar-refractivity contribution in [2.75, 3.05) is 13.7 Å². The second-order valence-electron chi connectivity index (χ2n) is 9.25. The minimum Gasteiger partial charge on any atom is -0.496 e. The third-order valence-electron chi connectivity index (χ3n) is 7.18. The van der Waals surface area contributed by atoms with Crippen LogP contribution < -0.4 is 4.74 Å². The zero-order valence-corrected chi connectivity index (χ0v) is 20.1. The molecular weight excluding hydrogens is 466 g/mol. The molecule has 0 bridgehead atoms. The number of methoxy groups -OCH3 is 1. The average molecular weight is 495 g/mol. The molecule has 7 nitrogen and oxygen atoms in total. The Hall–Kier alpha value is -3.72. The number of nitrogens with zero attached hydrogens (tertiary/aromatic N) is 3. The van der Waals surface area contributed by atoms with Crippen LogP contribution in [0.5, 0.6) is 5.75 Å². The van der Waals surface area contributed by atoms with Crippen LogP contribution in [0.3, 0.4) is 0 Å². The maximum atomic E-state index is 13.2. The molecule has 1 fully saturated rings. The maximum absolute atomic E-state index is 13.2. The largest absolute Gasteiger partial charge is 0.496 e. The standard InChI is InChI=1S/C27H28F2N4O3/c1-16-11-24(36-2)22(20-7-9-30-25(16)20)15-32-10-8-18(33-14-17(13-31-33)26(28)29)12-23(32)19-5-3-4-6-21(19)27(34)35/h3-7,9,11,13-14,18,23,26,30H,8,10,12,15H2,1-2H3,(H,34,35)/t18?,23-/m1/s1. The van der Waals surface area contributed by atoms with Crippen LogP contribution in [0.2, 0.25) is 0 Å². The van der Waals surface area contributed by atoms with Gasteiger partial charge >= 0.3 is 5.97 Å². The van der Waals surface area contributed by atoms with Crippen LogP contribution in [0.1, 0.15) is 64.0 Å². The number of H-pyrrole nitrogens is 1. The lowest BCUT2D eigenvalue weighted by Crippen LogP contribution is -2.38. The number of carboxylic acid groups (broad SMARTS) is 1. The van der Waals surface area contributed by atoms with E-state index in [4.69, 9.17) is 4.74 Å². The molecule has 1 aliphatic heterocycles. The van der Waals surface area contributed by atoms with Gasteiger partial charge in [-0.2, -0.15) is 5.10 Å². The van der Waals surface area contributed by atoms with Gasteiger partial charge in [-0.3, -0.25) is 9.58 Å². The van der Waals surface area contributed by atoms with Gasteiger partial charge in [-0.1, -0.05) is 18.2 Å². The van der Waals surface area contributed by atoms with Crippen molar-refractivity contribution in [2.45, 2.75) is 44.8 Å². The summed E-state index contributed by atoms with van der Waals surface area (Å²) in [5, 5.41) is 15.2. The highest BCUT2D eigenvalue weighted by Crippen LogP contribution is 2.41. The SMILES string of the molecule is COc1cc(C)c2[nH]ccc2c1CN1CCC(n2cc(C(F)F)cn2)C[C@@H]1c1ccccc1C(=O)O. The summed E-state index contributed by atoms with van der Waals surface area (Å²) in [5.74, 6) is -0.215. The van der Waals surface area contributed by atoms with Crippen LogP contribution in [-0.2, 0) is 6.54 Å². The number of aromatic amines is 1. The van der Waals surface area contributed by atoms with E-state index < -0.39 is 12.4 Å². The summed E-state index contributed by atoms with van der Waals surface area (Å²) in [6.07, 6.45) is 3.16. The average Bonchev–Trinajstić information content (AvgIpc) is 3.57. The zero-order chi connectivity index (χ0) is 25.4. The van der Waals surface area contributed by atoms with E-state index in [0.717, 1.165) is 27.8 Å². The fourth-order valence-electron chi connectivity index (χ4n) is 5.38. The van der Waals surface area contributed by atoms with E-state index in [9.17, 15) is 18.7 Å². The van der Waals surface area contributed by atoms with E-state index in [0.29, 0.717) is 31.5 Å². The lowest BCUT2D eigenvalue weighted by atomic mass is 9.88. The van der Waals surface area contributed by atoms with E-state index in [1.54, 1.807) is 23.9 Å². The highest BCUT2D eigenvalue weighted by Gasteiger charge is 2.34. The Kier molecular flexibility index (Phi) is 6.49. The number of carboxylic acids is 1. The molecule has 9 heteroatoms. The Balaban J connectivity index is 1.54. The normalized spacial score (nSPS) is 18.7. The number of aromatic nitrogens is 3. The minimum atomic E-state index is -2.58. The lowest BCUT2D eigenvalue weighted by molar-refractivity contribution is 0.0681. The van der Waals surface area contributed by atoms with Crippen molar-refractivity contribution in [3.05, 3.63) is 82.8 Å². The van der Waals surface area contributed by atoms with Crippen molar-refractivity contribution >= 4 is 16.9 Å². The number of nitrogens with one attached hydrogen (secondary N) is 1. The molecule has 0 spiro atoms. The molecule has 1 saturated heterocycles. The van der Waals surface area contributed by atoms with Crippen LogP contribution >= 0.6 is 0 Å². The van der Waals surface area contributed by atoms with Gasteiger partial charge in [-0.25, -0.2) is 13.6 Å². The van der Waals surface area contributed by atoms with Gasteiger partial charge in [-0.15, -0.1) is 0 Å². The molecule has 1 aliphatic rings. The topological polar surface area (TPSA) is 83.4 Å². The number of aromatic carboxylic acids is 1. The van der Waals surface area contributed by atoms with Crippen molar-refractivity contribution in [1.29, 1.82) is 0 Å². The zero-order valence-electron chi connectivity index (χ0n) is 20.1. The molecule has 188 valence electrons. The first-order valence-electron chi connectivity index (χ1n) is 11.9. The number of piperidine rings is 1. The summed E-state index contributed by atoms with van der Waals surface area (Å²) in [7, 11) is 1.65. The number of hydrogen-bond acceptors (Lipinski definition) is 4. The minimum absolute atomic E-state index is 0.112. The molecule has 0 aliphatic carbocycles. The summed E-state index contributed by atoms with van der Waals surface area (Å²) in [4.78, 5) is 17.7. The summed E-state index contributed by atoms with van der Waals surface area (Å²) < 4.78 is 33.7. The molecule has 0 radical (unpaired) electrons. The third kappa shape index (κ3) is 4.35. The number of benzene rings is 2. The molecule has 0 saturated carbocycles. The molecule has 1 unspecified atom stereocenters. The van der Waals surface area contributed by atoms with Gasteiger partial charge in [0.05, 0.1) is 30.5 Å². The summed E-state index contributed by atoms with van der Waals surface area (Å²) >= 11 is 0. The Morgan fingerprint density at radius 1 is 1.31 bits per heavy atom. The predicted molar refractivity (Wildman–Crippen MR) is 132 cm³/mol. The van der Waals surface area contributed by atoms with E-state index >= 15 is 0 Å². The van der Waals surface area contributed by atoms with Crippen LogP contribution in [-0.4, -0.2) is 44.4 Å². The van der Waals surface area contributed by atoms with Gasteiger partial charge in [0, 0.05) is 48.0 Å². The van der Waals surface area contributed by atoms with Crippen LogP contribution in [0, 0.1) is 6.92 Å². The quantitative estimate of drug-likeness (QED) is 0.334. The first kappa shape index (κ1) is 24.0. The molecule has 2 aromatic heterocycles. The molecular formula is C27H28F2N4O3. The molecule has 5 rings (SSSR count). The number of ether oxygens (including phenoxy) is 1. The Bertz CT molecular complexity index is 1400. The van der Waals surface area contributed by atoms with Crippen molar-refractivity contribution in [3.63, 3.8) is 0 Å². The van der Waals surface area contributed by atoms with Crippen molar-refractivity contribution in [3.8, 4) is 5.75 Å². The smallest absolute Gasteiger partial charge is 0.336 e. The fourth-order valence-corrected chi connectivity index (χ4v) is 5.38. The number of likely N-dealkylation sites (tertiary alicyclic amines) is 1. The van der Waals surface area contributed by atoms with E-state index in [-0.39, 0.29) is 23.2 Å². The monoisotopic (exact) mass is 494 g/mol. The predicted octanol–water partition coefficient (Wildman–Crippen LogP) is 5.90. The second kappa shape index (κ2) is 9.73. The third-order valence-corrected chi connectivity index (χ3v) is 7.18. The van der Waals surface area contributed by atoms with Crippen LogP contribution in [0.4, 0.5) is 8.78 Å². The molecule has 36 heavy (non-hydrogen) atoms. The number of hydrogen-bond donors (Lipinski definition) is 2. The Labute approximate surface area is 207 Å². The molecule has 2 N–H and O–H groups in total. The number of carbonyl (C=O) groups is 1. The Morgan fingerprint density at radius 3 is 2.83 bits per heavy atom. The molecule has 3 heterocycles.